The molecular weight excluding hydrogens is 208 g/mol. The molecule has 2 aromatic rings. The number of carbonyl (C=O) groups is 1. The molecule has 0 aliphatic carbocycles. The first-order chi connectivity index (χ1) is 7.77. The Balaban J connectivity index is 2.31. The molecule has 1 amide bonds. The van der Waals surface area contributed by atoms with Gasteiger partial charge in [-0.05, 0) is 18.2 Å². The smallest absolute Gasteiger partial charge is 0.254 e. The number of carbonyl (C=O) groups excluding carboxylic acids is 1. The Morgan fingerprint density at radius 3 is 2.88 bits per heavy atom. The summed E-state index contributed by atoms with van der Waals surface area (Å²) in [6.45, 7) is 0. The number of pyridine rings is 1. The Kier molecular flexibility index (Phi) is 2.73. The molecule has 2 aromatic heterocycles. The van der Waals surface area contributed by atoms with Crippen LogP contribution in [0.25, 0.3) is 0 Å². The van der Waals surface area contributed by atoms with Crippen LogP contribution >= 0.6 is 0 Å². The van der Waals surface area contributed by atoms with Crippen LogP contribution in [0.5, 0.6) is 11.6 Å². The fourth-order valence-electron chi connectivity index (χ4n) is 1.10. The fourth-order valence-corrected chi connectivity index (χ4v) is 1.10. The van der Waals surface area contributed by atoms with Gasteiger partial charge in [0.15, 0.2) is 0 Å². The third-order valence-electron chi connectivity index (χ3n) is 1.80. The van der Waals surface area contributed by atoms with E-state index in [1.165, 1.54) is 18.5 Å². The summed E-state index contributed by atoms with van der Waals surface area (Å²) < 4.78 is 5.33. The van der Waals surface area contributed by atoms with E-state index in [1.54, 1.807) is 18.3 Å². The summed E-state index contributed by atoms with van der Waals surface area (Å²) in [4.78, 5) is 14.9. The van der Waals surface area contributed by atoms with E-state index in [4.69, 9.17) is 10.5 Å². The van der Waals surface area contributed by atoms with Gasteiger partial charge in [-0.15, -0.1) is 5.10 Å². The topological polar surface area (TPSA) is 91.0 Å². The highest BCUT2D eigenvalue weighted by Gasteiger charge is 2.11. The van der Waals surface area contributed by atoms with Gasteiger partial charge in [-0.25, -0.2) is 0 Å². The Labute approximate surface area is 91.1 Å². The summed E-state index contributed by atoms with van der Waals surface area (Å²) in [5.41, 5.74) is 5.35. The second-order valence-electron chi connectivity index (χ2n) is 2.91. The monoisotopic (exact) mass is 216 g/mol. The molecule has 0 bridgehead atoms. The van der Waals surface area contributed by atoms with E-state index in [9.17, 15) is 4.79 Å². The van der Waals surface area contributed by atoms with Crippen molar-refractivity contribution in [3.8, 4) is 11.6 Å². The predicted molar refractivity (Wildman–Crippen MR) is 54.9 cm³/mol. The van der Waals surface area contributed by atoms with Gasteiger partial charge in [0.1, 0.15) is 11.3 Å². The average molecular weight is 216 g/mol. The predicted octanol–water partition coefficient (Wildman–Crippen LogP) is 0.763. The van der Waals surface area contributed by atoms with Crippen molar-refractivity contribution >= 4 is 5.91 Å². The number of ether oxygens (including phenoxy) is 1. The molecule has 2 N–H and O–H groups in total. The summed E-state index contributed by atoms with van der Waals surface area (Å²) in [5.74, 6) is -0.0812. The summed E-state index contributed by atoms with van der Waals surface area (Å²) in [7, 11) is 0. The number of amides is 1. The number of nitrogens with zero attached hydrogens (tertiary/aromatic N) is 3. The van der Waals surface area contributed by atoms with Gasteiger partial charge >= 0.3 is 0 Å². The molecule has 6 heteroatoms. The third-order valence-corrected chi connectivity index (χ3v) is 1.80. The Morgan fingerprint density at radius 1 is 1.31 bits per heavy atom. The zero-order valence-electron chi connectivity index (χ0n) is 8.20. The van der Waals surface area contributed by atoms with Crippen LogP contribution in [0.2, 0.25) is 0 Å². The van der Waals surface area contributed by atoms with E-state index >= 15 is 0 Å². The molecule has 0 aliphatic rings. The van der Waals surface area contributed by atoms with E-state index in [-0.39, 0.29) is 11.4 Å². The number of rotatable bonds is 3. The summed E-state index contributed by atoms with van der Waals surface area (Å²) in [6, 6.07) is 4.84. The van der Waals surface area contributed by atoms with Crippen LogP contribution in [0.4, 0.5) is 0 Å². The summed E-state index contributed by atoms with van der Waals surface area (Å²) in [6.07, 6.45) is 4.48. The highest BCUT2D eigenvalue weighted by Crippen LogP contribution is 2.20. The number of primary amides is 1. The standard InChI is InChI=1S/C10H8N4O2/c11-9(15)8-3-5-13-14-10(8)16-7-2-1-4-12-6-7/h1-6H,(H2,11,15). The molecule has 0 spiro atoms. The number of hydrogen-bond acceptors (Lipinski definition) is 5. The SMILES string of the molecule is NC(=O)c1ccnnc1Oc1cccnc1. The van der Waals surface area contributed by atoms with Crippen LogP contribution in [0.3, 0.4) is 0 Å². The van der Waals surface area contributed by atoms with Crippen molar-refractivity contribution in [1.82, 2.24) is 15.2 Å². The average Bonchev–Trinajstić information content (AvgIpc) is 2.31. The van der Waals surface area contributed by atoms with Gasteiger partial charge in [0.25, 0.3) is 11.8 Å². The highest BCUT2D eigenvalue weighted by molar-refractivity contribution is 5.94. The second kappa shape index (κ2) is 4.35. The lowest BCUT2D eigenvalue weighted by atomic mass is 10.3. The fraction of sp³-hybridized carbons (Fsp3) is 0. The molecule has 0 aliphatic heterocycles. The van der Waals surface area contributed by atoms with Crippen LogP contribution in [0, 0.1) is 0 Å². The second-order valence-corrected chi connectivity index (χ2v) is 2.91. The maximum atomic E-state index is 11.1. The quantitative estimate of drug-likeness (QED) is 0.817. The van der Waals surface area contributed by atoms with E-state index < -0.39 is 5.91 Å². The zero-order valence-corrected chi connectivity index (χ0v) is 8.20. The molecule has 0 unspecified atom stereocenters. The molecule has 0 fully saturated rings. The number of nitrogens with two attached hydrogens (primary N) is 1. The lowest BCUT2D eigenvalue weighted by Crippen LogP contribution is -2.13. The van der Waals surface area contributed by atoms with E-state index in [1.807, 2.05) is 0 Å². The lowest BCUT2D eigenvalue weighted by molar-refractivity contribution is 0.0997. The van der Waals surface area contributed by atoms with E-state index in [0.29, 0.717) is 5.75 Å². The van der Waals surface area contributed by atoms with Crippen molar-refractivity contribution in [3.63, 3.8) is 0 Å². The van der Waals surface area contributed by atoms with Crippen molar-refractivity contribution in [1.29, 1.82) is 0 Å². The van der Waals surface area contributed by atoms with E-state index in [2.05, 4.69) is 15.2 Å². The lowest BCUT2D eigenvalue weighted by Gasteiger charge is -2.05. The van der Waals surface area contributed by atoms with Crippen molar-refractivity contribution in [2.45, 2.75) is 0 Å². The van der Waals surface area contributed by atoms with Crippen molar-refractivity contribution in [2.24, 2.45) is 5.73 Å². The minimum absolute atomic E-state index is 0.0722. The molecule has 2 rings (SSSR count). The number of aromatic nitrogens is 3. The maximum Gasteiger partial charge on any atom is 0.254 e. The van der Waals surface area contributed by atoms with Gasteiger partial charge in [-0.1, -0.05) is 0 Å². The molecule has 2 heterocycles. The first kappa shape index (κ1) is 10.0. The normalized spacial score (nSPS) is 9.75. The summed E-state index contributed by atoms with van der Waals surface area (Å²) >= 11 is 0. The van der Waals surface area contributed by atoms with Crippen LogP contribution in [-0.2, 0) is 0 Å². The molecule has 0 saturated heterocycles. The molecule has 0 radical (unpaired) electrons. The Hall–Kier alpha value is -2.50. The largest absolute Gasteiger partial charge is 0.435 e. The number of hydrogen-bond donors (Lipinski definition) is 1. The summed E-state index contributed by atoms with van der Waals surface area (Å²) in [5, 5.41) is 7.32. The van der Waals surface area contributed by atoms with Gasteiger partial charge in [0, 0.05) is 6.20 Å². The van der Waals surface area contributed by atoms with Crippen LogP contribution in [0.15, 0.2) is 36.8 Å². The van der Waals surface area contributed by atoms with Crippen molar-refractivity contribution in [3.05, 3.63) is 42.4 Å². The van der Waals surface area contributed by atoms with Gasteiger partial charge < -0.3 is 10.5 Å². The van der Waals surface area contributed by atoms with Crippen LogP contribution < -0.4 is 10.5 Å². The zero-order chi connectivity index (χ0) is 11.4. The highest BCUT2D eigenvalue weighted by atomic mass is 16.5. The van der Waals surface area contributed by atoms with Crippen molar-refractivity contribution < 1.29 is 9.53 Å². The van der Waals surface area contributed by atoms with Gasteiger partial charge in [0.05, 0.1) is 12.4 Å². The van der Waals surface area contributed by atoms with E-state index in [0.717, 1.165) is 0 Å². The van der Waals surface area contributed by atoms with Crippen LogP contribution in [-0.4, -0.2) is 21.1 Å². The van der Waals surface area contributed by atoms with Gasteiger partial charge in [0.2, 0.25) is 0 Å². The molecule has 0 saturated carbocycles. The third kappa shape index (κ3) is 2.11. The Bertz CT molecular complexity index is 501. The molecule has 16 heavy (non-hydrogen) atoms. The van der Waals surface area contributed by atoms with Crippen molar-refractivity contribution in [2.75, 3.05) is 0 Å². The first-order valence-electron chi connectivity index (χ1n) is 4.47. The Morgan fingerprint density at radius 2 is 2.19 bits per heavy atom. The maximum absolute atomic E-state index is 11.1. The molecular formula is C10H8N4O2. The molecule has 80 valence electrons. The first-order valence-corrected chi connectivity index (χ1v) is 4.47. The molecule has 6 nitrogen and oxygen atoms in total. The molecule has 0 atom stereocenters. The minimum Gasteiger partial charge on any atom is -0.435 e. The van der Waals surface area contributed by atoms with Gasteiger partial charge in [-0.3, -0.25) is 9.78 Å². The van der Waals surface area contributed by atoms with Crippen LogP contribution in [0.1, 0.15) is 10.4 Å². The molecule has 0 aromatic carbocycles. The van der Waals surface area contributed by atoms with Gasteiger partial charge in [-0.2, -0.15) is 5.10 Å². The minimum atomic E-state index is -0.617.